The number of para-hydroxylation sites is 1. The second-order valence-electron chi connectivity index (χ2n) is 7.76. The first-order valence-corrected chi connectivity index (χ1v) is 10.5. The monoisotopic (exact) mass is 420 g/mol. The summed E-state index contributed by atoms with van der Waals surface area (Å²) in [5.41, 5.74) is 2.46. The van der Waals surface area contributed by atoms with Gasteiger partial charge in [-0.15, -0.1) is 0 Å². The van der Waals surface area contributed by atoms with Crippen molar-refractivity contribution in [2.45, 2.75) is 32.9 Å². The van der Waals surface area contributed by atoms with Gasteiger partial charge < -0.3 is 10.2 Å². The van der Waals surface area contributed by atoms with E-state index in [9.17, 15) is 4.79 Å². The molecule has 3 aromatic rings. The van der Waals surface area contributed by atoms with Crippen LogP contribution in [0.15, 0.2) is 76.3 Å². The summed E-state index contributed by atoms with van der Waals surface area (Å²) < 4.78 is 1.74. The summed E-state index contributed by atoms with van der Waals surface area (Å²) in [5.74, 6) is 0. The first-order valence-electron chi connectivity index (χ1n) is 10.1. The van der Waals surface area contributed by atoms with Crippen LogP contribution in [0.4, 0.5) is 0 Å². The van der Waals surface area contributed by atoms with Crippen LogP contribution in [0.1, 0.15) is 32.5 Å². The lowest BCUT2D eigenvalue weighted by molar-refractivity contribution is 0.314. The highest BCUT2D eigenvalue weighted by molar-refractivity contribution is 6.35. The lowest BCUT2D eigenvalue weighted by Crippen LogP contribution is -2.33. The first kappa shape index (κ1) is 20.2. The van der Waals surface area contributed by atoms with E-state index in [0.717, 1.165) is 22.5 Å². The molecule has 2 aromatic carbocycles. The van der Waals surface area contributed by atoms with Gasteiger partial charge in [0.25, 0.3) is 5.56 Å². The van der Waals surface area contributed by atoms with Gasteiger partial charge in [0.1, 0.15) is 6.67 Å². The summed E-state index contributed by atoms with van der Waals surface area (Å²) in [7, 11) is 0. The van der Waals surface area contributed by atoms with Crippen molar-refractivity contribution in [3.05, 3.63) is 87.6 Å². The second-order valence-corrected chi connectivity index (χ2v) is 8.17. The summed E-state index contributed by atoms with van der Waals surface area (Å²) in [5, 5.41) is 5.34. The molecule has 154 valence electrons. The third-order valence-electron chi connectivity index (χ3n) is 5.31. The number of aliphatic imine (C=N–C) groups is 1. The van der Waals surface area contributed by atoms with Gasteiger partial charge in [0.05, 0.1) is 22.1 Å². The van der Waals surface area contributed by atoms with Crippen LogP contribution in [0.5, 0.6) is 0 Å². The van der Waals surface area contributed by atoms with E-state index < -0.39 is 0 Å². The van der Waals surface area contributed by atoms with Crippen molar-refractivity contribution in [2.75, 3.05) is 6.67 Å². The van der Waals surface area contributed by atoms with Crippen molar-refractivity contribution >= 4 is 28.6 Å². The Labute approximate surface area is 181 Å². The minimum absolute atomic E-state index is 0.122. The highest BCUT2D eigenvalue weighted by Gasteiger charge is 2.19. The molecule has 6 heteroatoms. The SMILES string of the molecule is CC(NC1=CN(C(C)C)CN=C1)c1cc2cccc(Cl)c2c(=O)n1-c1ccccc1. The summed E-state index contributed by atoms with van der Waals surface area (Å²) in [4.78, 5) is 20.1. The molecule has 5 nitrogen and oxygen atoms in total. The summed E-state index contributed by atoms with van der Waals surface area (Å²) in [6.07, 6.45) is 3.93. The van der Waals surface area contributed by atoms with Crippen LogP contribution in [-0.2, 0) is 0 Å². The highest BCUT2D eigenvalue weighted by atomic mass is 35.5. The van der Waals surface area contributed by atoms with Gasteiger partial charge in [0.15, 0.2) is 0 Å². The van der Waals surface area contributed by atoms with Crippen LogP contribution in [0.25, 0.3) is 16.5 Å². The smallest absolute Gasteiger partial charge is 0.264 e. The molecule has 1 atom stereocenters. The fraction of sp³-hybridized carbons (Fsp3) is 0.250. The van der Waals surface area contributed by atoms with Gasteiger partial charge in [-0.05, 0) is 50.4 Å². The molecular formula is C24H25ClN4O. The Kier molecular flexibility index (Phi) is 5.64. The molecule has 0 aliphatic carbocycles. The Bertz CT molecular complexity index is 1180. The topological polar surface area (TPSA) is 49.6 Å². The predicted octanol–water partition coefficient (Wildman–Crippen LogP) is 4.89. The first-order chi connectivity index (χ1) is 14.5. The predicted molar refractivity (Wildman–Crippen MR) is 125 cm³/mol. The number of pyridine rings is 1. The van der Waals surface area contributed by atoms with Gasteiger partial charge in [0, 0.05) is 29.8 Å². The maximum absolute atomic E-state index is 13.5. The fourth-order valence-corrected chi connectivity index (χ4v) is 3.96. The number of hydrogen-bond donors (Lipinski definition) is 1. The largest absolute Gasteiger partial charge is 0.375 e. The van der Waals surface area contributed by atoms with Crippen molar-refractivity contribution in [1.82, 2.24) is 14.8 Å². The normalized spacial score (nSPS) is 14.8. The Morgan fingerprint density at radius 3 is 2.57 bits per heavy atom. The van der Waals surface area contributed by atoms with Crippen LogP contribution in [-0.4, -0.2) is 28.4 Å². The summed E-state index contributed by atoms with van der Waals surface area (Å²) >= 11 is 6.39. The molecule has 4 rings (SSSR count). The zero-order chi connectivity index (χ0) is 21.3. The van der Waals surface area contributed by atoms with Crippen LogP contribution in [0.3, 0.4) is 0 Å². The average molecular weight is 421 g/mol. The van der Waals surface area contributed by atoms with E-state index in [-0.39, 0.29) is 11.6 Å². The van der Waals surface area contributed by atoms with E-state index in [1.807, 2.05) is 61.7 Å². The van der Waals surface area contributed by atoms with Gasteiger partial charge in [-0.2, -0.15) is 0 Å². The van der Waals surface area contributed by atoms with E-state index in [0.29, 0.717) is 23.1 Å². The van der Waals surface area contributed by atoms with E-state index in [1.165, 1.54) is 0 Å². The molecule has 30 heavy (non-hydrogen) atoms. The van der Waals surface area contributed by atoms with Crippen LogP contribution >= 0.6 is 11.6 Å². The van der Waals surface area contributed by atoms with Crippen LogP contribution in [0.2, 0.25) is 5.02 Å². The lowest BCUT2D eigenvalue weighted by Gasteiger charge is -2.28. The van der Waals surface area contributed by atoms with E-state index in [4.69, 9.17) is 11.6 Å². The van der Waals surface area contributed by atoms with Crippen molar-refractivity contribution in [1.29, 1.82) is 0 Å². The number of fused-ring (bicyclic) bond motifs is 1. The van der Waals surface area contributed by atoms with Gasteiger partial charge in [-0.25, -0.2) is 0 Å². The molecule has 1 unspecified atom stereocenters. The van der Waals surface area contributed by atoms with Crippen LogP contribution < -0.4 is 10.9 Å². The molecule has 1 aromatic heterocycles. The average Bonchev–Trinajstić information content (AvgIpc) is 2.74. The number of nitrogens with one attached hydrogen (secondary N) is 1. The molecular weight excluding hydrogens is 396 g/mol. The molecule has 0 radical (unpaired) electrons. The maximum Gasteiger partial charge on any atom is 0.264 e. The number of hydrogen-bond acceptors (Lipinski definition) is 4. The van der Waals surface area contributed by atoms with Gasteiger partial charge in [-0.1, -0.05) is 41.9 Å². The minimum atomic E-state index is -0.133. The van der Waals surface area contributed by atoms with Gasteiger partial charge in [0.2, 0.25) is 0 Å². The third kappa shape index (κ3) is 3.85. The van der Waals surface area contributed by atoms with Crippen molar-refractivity contribution in [3.8, 4) is 5.69 Å². The Morgan fingerprint density at radius 1 is 1.07 bits per heavy atom. The zero-order valence-corrected chi connectivity index (χ0v) is 18.1. The van der Waals surface area contributed by atoms with Crippen molar-refractivity contribution < 1.29 is 0 Å². The molecule has 0 bridgehead atoms. The van der Waals surface area contributed by atoms with Crippen LogP contribution in [0, 0.1) is 0 Å². The molecule has 0 fully saturated rings. The van der Waals surface area contributed by atoms with E-state index in [2.05, 4.69) is 35.3 Å². The molecule has 1 aliphatic rings. The Balaban J connectivity index is 1.83. The minimum Gasteiger partial charge on any atom is -0.375 e. The molecule has 2 heterocycles. The van der Waals surface area contributed by atoms with E-state index >= 15 is 0 Å². The zero-order valence-electron chi connectivity index (χ0n) is 17.3. The highest BCUT2D eigenvalue weighted by Crippen LogP contribution is 2.26. The quantitative estimate of drug-likeness (QED) is 0.639. The molecule has 0 saturated heterocycles. The van der Waals surface area contributed by atoms with Crippen molar-refractivity contribution in [2.24, 2.45) is 4.99 Å². The fourth-order valence-electron chi connectivity index (χ4n) is 3.70. The summed E-state index contributed by atoms with van der Waals surface area (Å²) in [6, 6.07) is 17.5. The maximum atomic E-state index is 13.5. The lowest BCUT2D eigenvalue weighted by atomic mass is 10.1. The Hall–Kier alpha value is -3.05. The number of benzene rings is 2. The standard InChI is InChI=1S/C24H25ClN4O/c1-16(2)28-14-19(13-26-15-28)27-17(3)22-12-18-8-7-11-21(25)23(18)24(30)29(22)20-9-5-4-6-10-20/h4-14,16-17,27H,15H2,1-3H3. The number of rotatable bonds is 5. The summed E-state index contributed by atoms with van der Waals surface area (Å²) in [6.45, 7) is 6.98. The Morgan fingerprint density at radius 2 is 1.83 bits per heavy atom. The third-order valence-corrected chi connectivity index (χ3v) is 5.62. The molecule has 1 N–H and O–H groups in total. The van der Waals surface area contributed by atoms with Crippen molar-refractivity contribution in [3.63, 3.8) is 0 Å². The number of allylic oxidation sites excluding steroid dienone is 1. The van der Waals surface area contributed by atoms with Gasteiger partial charge in [-0.3, -0.25) is 14.4 Å². The number of aromatic nitrogens is 1. The second kappa shape index (κ2) is 8.36. The molecule has 0 saturated carbocycles. The number of nitrogens with zero attached hydrogens (tertiary/aromatic N) is 3. The van der Waals surface area contributed by atoms with Gasteiger partial charge >= 0.3 is 0 Å². The molecule has 0 amide bonds. The molecule has 0 spiro atoms. The van der Waals surface area contributed by atoms with E-state index in [1.54, 1.807) is 10.6 Å². The molecule has 1 aliphatic heterocycles. The number of halogens is 1.